The quantitative estimate of drug-likeness (QED) is 0.426. The summed E-state index contributed by atoms with van der Waals surface area (Å²) in [5.41, 5.74) is 2.39. The number of rotatable bonds is 6. The lowest BCUT2D eigenvalue weighted by atomic mass is 10.1. The van der Waals surface area contributed by atoms with Gasteiger partial charge in [0, 0.05) is 29.3 Å². The summed E-state index contributed by atoms with van der Waals surface area (Å²) in [7, 11) is -3.44. The lowest BCUT2D eigenvalue weighted by molar-refractivity contribution is 0.0989. The molecule has 0 fully saturated rings. The monoisotopic (exact) mass is 480 g/mol. The van der Waals surface area contributed by atoms with E-state index in [9.17, 15) is 13.2 Å². The second-order valence-corrected chi connectivity index (χ2v) is 10.3. The largest absolute Gasteiger partial charge is 0.280 e. The first-order valence-electron chi connectivity index (χ1n) is 8.76. The van der Waals surface area contributed by atoms with Gasteiger partial charge in [-0.2, -0.15) is 0 Å². The molecule has 1 amide bonds. The zero-order chi connectivity index (χ0) is 22.1. The van der Waals surface area contributed by atoms with Crippen molar-refractivity contribution in [2.24, 2.45) is 0 Å². The van der Waals surface area contributed by atoms with E-state index in [2.05, 4.69) is 11.6 Å². The SMILES string of the molecule is C=CCN(C(=O)c1cc(S(C)(=O)=O)ccc1C)c1nc(-c2ccc(Cl)c(Cl)c2)cs1. The van der Waals surface area contributed by atoms with Gasteiger partial charge < -0.3 is 0 Å². The molecule has 1 heterocycles. The minimum Gasteiger partial charge on any atom is -0.280 e. The van der Waals surface area contributed by atoms with Crippen LogP contribution >= 0.6 is 34.5 Å². The van der Waals surface area contributed by atoms with Crippen LogP contribution in [0.1, 0.15) is 15.9 Å². The minimum atomic E-state index is -3.44. The zero-order valence-electron chi connectivity index (χ0n) is 16.2. The number of aromatic nitrogens is 1. The molecule has 0 saturated heterocycles. The lowest BCUT2D eigenvalue weighted by Gasteiger charge is -2.19. The molecule has 0 aliphatic rings. The van der Waals surface area contributed by atoms with E-state index in [4.69, 9.17) is 23.2 Å². The van der Waals surface area contributed by atoms with E-state index >= 15 is 0 Å². The molecular formula is C21H18Cl2N2O3S2. The van der Waals surface area contributed by atoms with E-state index in [0.29, 0.717) is 32.0 Å². The van der Waals surface area contributed by atoms with Gasteiger partial charge in [0.25, 0.3) is 5.91 Å². The van der Waals surface area contributed by atoms with Crippen molar-refractivity contribution in [1.82, 2.24) is 4.98 Å². The Kier molecular flexibility index (Phi) is 6.67. The average molecular weight is 481 g/mol. The van der Waals surface area contributed by atoms with Crippen LogP contribution in [-0.4, -0.2) is 32.1 Å². The predicted molar refractivity (Wildman–Crippen MR) is 124 cm³/mol. The van der Waals surface area contributed by atoms with Crippen molar-refractivity contribution in [2.45, 2.75) is 11.8 Å². The number of amides is 1. The van der Waals surface area contributed by atoms with Crippen LogP contribution in [0.25, 0.3) is 11.3 Å². The fourth-order valence-corrected chi connectivity index (χ4v) is 4.55. The minimum absolute atomic E-state index is 0.0886. The third kappa shape index (κ3) is 4.75. The van der Waals surface area contributed by atoms with Gasteiger partial charge in [0.05, 0.1) is 20.6 Å². The molecule has 0 bridgehead atoms. The number of aryl methyl sites for hydroxylation is 1. The number of thiazole rings is 1. The Bertz CT molecular complexity index is 1240. The van der Waals surface area contributed by atoms with E-state index < -0.39 is 9.84 Å². The van der Waals surface area contributed by atoms with Crippen LogP contribution in [0.2, 0.25) is 10.0 Å². The molecule has 30 heavy (non-hydrogen) atoms. The van der Waals surface area contributed by atoms with Crippen LogP contribution in [0.4, 0.5) is 5.13 Å². The number of sulfone groups is 1. The molecule has 0 N–H and O–H groups in total. The fourth-order valence-electron chi connectivity index (χ4n) is 2.76. The van der Waals surface area contributed by atoms with Crippen molar-refractivity contribution in [3.63, 3.8) is 0 Å². The number of anilines is 1. The van der Waals surface area contributed by atoms with Crippen molar-refractivity contribution < 1.29 is 13.2 Å². The summed E-state index contributed by atoms with van der Waals surface area (Å²) in [6, 6.07) is 9.71. The van der Waals surface area contributed by atoms with Gasteiger partial charge in [0.15, 0.2) is 15.0 Å². The molecule has 2 aromatic carbocycles. The molecule has 0 aliphatic heterocycles. The van der Waals surface area contributed by atoms with Crippen LogP contribution in [-0.2, 0) is 9.84 Å². The molecule has 5 nitrogen and oxygen atoms in total. The molecule has 0 saturated carbocycles. The van der Waals surface area contributed by atoms with Crippen LogP contribution in [0.5, 0.6) is 0 Å². The standard InChI is InChI=1S/C21H18Cl2N2O3S2/c1-4-9-25(20(26)16-11-15(30(3,27)28)7-5-13(16)2)21-24-19(12-29-21)14-6-8-17(22)18(23)10-14/h4-8,10-12H,1,9H2,2-3H3. The summed E-state index contributed by atoms with van der Waals surface area (Å²) < 4.78 is 23.8. The molecule has 9 heteroatoms. The average Bonchev–Trinajstić information content (AvgIpc) is 3.17. The van der Waals surface area contributed by atoms with E-state index in [1.807, 2.05) is 5.38 Å². The number of halogens is 2. The smallest absolute Gasteiger partial charge is 0.260 e. The van der Waals surface area contributed by atoms with Gasteiger partial charge in [-0.05, 0) is 36.8 Å². The zero-order valence-corrected chi connectivity index (χ0v) is 19.4. The van der Waals surface area contributed by atoms with Gasteiger partial charge >= 0.3 is 0 Å². The molecule has 1 aromatic heterocycles. The maximum absolute atomic E-state index is 13.3. The van der Waals surface area contributed by atoms with Crippen molar-refractivity contribution in [3.05, 3.63) is 75.6 Å². The van der Waals surface area contributed by atoms with E-state index in [-0.39, 0.29) is 17.3 Å². The first-order valence-corrected chi connectivity index (χ1v) is 12.3. The van der Waals surface area contributed by atoms with Gasteiger partial charge in [-0.3, -0.25) is 9.69 Å². The molecule has 0 unspecified atom stereocenters. The van der Waals surface area contributed by atoms with Crippen LogP contribution in [0.15, 0.2) is 59.3 Å². The van der Waals surface area contributed by atoms with E-state index in [0.717, 1.165) is 11.8 Å². The summed E-state index contributed by atoms with van der Waals surface area (Å²) in [6.45, 7) is 5.70. The van der Waals surface area contributed by atoms with Gasteiger partial charge in [-0.15, -0.1) is 17.9 Å². The predicted octanol–water partition coefficient (Wildman–Crippen LogP) is 5.66. The Labute approximate surface area is 189 Å². The Morgan fingerprint density at radius 1 is 1.20 bits per heavy atom. The highest BCUT2D eigenvalue weighted by atomic mass is 35.5. The second kappa shape index (κ2) is 8.89. The molecular weight excluding hydrogens is 463 g/mol. The molecule has 0 radical (unpaired) electrons. The molecule has 0 atom stereocenters. The third-order valence-corrected chi connectivity index (χ3v) is 7.08. The summed E-state index contributed by atoms with van der Waals surface area (Å²) in [4.78, 5) is 19.4. The van der Waals surface area contributed by atoms with E-state index in [1.165, 1.54) is 28.4 Å². The molecule has 0 aliphatic carbocycles. The number of nitrogens with zero attached hydrogens (tertiary/aromatic N) is 2. The van der Waals surface area contributed by atoms with Crippen LogP contribution in [0.3, 0.4) is 0 Å². The molecule has 3 rings (SSSR count). The van der Waals surface area contributed by atoms with Crippen molar-refractivity contribution in [3.8, 4) is 11.3 Å². The maximum atomic E-state index is 13.3. The Hall–Kier alpha value is -2.19. The van der Waals surface area contributed by atoms with Crippen LogP contribution < -0.4 is 4.90 Å². The summed E-state index contributed by atoms with van der Waals surface area (Å²) >= 11 is 13.4. The summed E-state index contributed by atoms with van der Waals surface area (Å²) in [6.07, 6.45) is 2.70. The van der Waals surface area contributed by atoms with Gasteiger partial charge in [0.2, 0.25) is 0 Å². The normalized spacial score (nSPS) is 11.3. The highest BCUT2D eigenvalue weighted by Crippen LogP contribution is 2.32. The van der Waals surface area contributed by atoms with E-state index in [1.54, 1.807) is 37.3 Å². The number of hydrogen-bond donors (Lipinski definition) is 0. The van der Waals surface area contributed by atoms with Gasteiger partial charge in [-0.25, -0.2) is 13.4 Å². The Balaban J connectivity index is 2.01. The summed E-state index contributed by atoms with van der Waals surface area (Å²) in [5.74, 6) is -0.354. The van der Waals surface area contributed by atoms with Crippen molar-refractivity contribution >= 4 is 55.4 Å². The number of benzene rings is 2. The fraction of sp³-hybridized carbons (Fsp3) is 0.143. The Morgan fingerprint density at radius 3 is 2.57 bits per heavy atom. The van der Waals surface area contributed by atoms with Crippen LogP contribution in [0, 0.1) is 6.92 Å². The highest BCUT2D eigenvalue weighted by Gasteiger charge is 2.23. The topological polar surface area (TPSA) is 67.3 Å². The van der Waals surface area contributed by atoms with Crippen molar-refractivity contribution in [1.29, 1.82) is 0 Å². The Morgan fingerprint density at radius 2 is 1.93 bits per heavy atom. The van der Waals surface area contributed by atoms with Crippen molar-refractivity contribution in [2.75, 3.05) is 17.7 Å². The molecule has 3 aromatic rings. The first kappa shape index (κ1) is 22.5. The lowest BCUT2D eigenvalue weighted by Crippen LogP contribution is -2.31. The number of carbonyl (C=O) groups is 1. The number of carbonyl (C=O) groups excluding carboxylic acids is 1. The third-order valence-electron chi connectivity index (χ3n) is 4.36. The molecule has 156 valence electrons. The van der Waals surface area contributed by atoms with Gasteiger partial charge in [-0.1, -0.05) is 41.4 Å². The second-order valence-electron chi connectivity index (χ2n) is 6.60. The highest BCUT2D eigenvalue weighted by molar-refractivity contribution is 7.90. The van der Waals surface area contributed by atoms with Gasteiger partial charge in [0.1, 0.15) is 0 Å². The summed E-state index contributed by atoms with van der Waals surface area (Å²) in [5, 5.41) is 3.14. The maximum Gasteiger partial charge on any atom is 0.260 e. The first-order chi connectivity index (χ1) is 14.1. The number of hydrogen-bond acceptors (Lipinski definition) is 5. The molecule has 0 spiro atoms.